The molecule has 5 nitrogen and oxygen atoms in total. The molecule has 0 aliphatic rings. The predicted octanol–water partition coefficient (Wildman–Crippen LogP) is 2.13. The van der Waals surface area contributed by atoms with Gasteiger partial charge in [-0.3, -0.25) is 10.1 Å². The number of aryl methyl sites for hydroxylation is 1. The van der Waals surface area contributed by atoms with E-state index in [1.165, 1.54) is 6.20 Å². The van der Waals surface area contributed by atoms with Crippen LogP contribution in [-0.4, -0.2) is 14.5 Å². The van der Waals surface area contributed by atoms with Gasteiger partial charge in [-0.25, -0.2) is 4.98 Å². The molecule has 2 rings (SSSR count). The van der Waals surface area contributed by atoms with E-state index in [1.54, 1.807) is 23.9 Å². The van der Waals surface area contributed by atoms with Gasteiger partial charge in [-0.05, 0) is 6.07 Å². The number of rotatable bonds is 1. The largest absolute Gasteiger partial charge is 0.336 e. The van der Waals surface area contributed by atoms with Crippen LogP contribution >= 0.6 is 11.6 Å². The van der Waals surface area contributed by atoms with E-state index in [2.05, 4.69) is 4.98 Å². The van der Waals surface area contributed by atoms with Crippen LogP contribution in [0.3, 0.4) is 0 Å². The molecule has 0 unspecified atom stereocenters. The van der Waals surface area contributed by atoms with Crippen molar-refractivity contribution in [3.05, 3.63) is 33.6 Å². The van der Waals surface area contributed by atoms with Crippen LogP contribution in [0.25, 0.3) is 11.0 Å². The van der Waals surface area contributed by atoms with Gasteiger partial charge in [0.2, 0.25) is 0 Å². The van der Waals surface area contributed by atoms with E-state index >= 15 is 0 Å². The zero-order valence-corrected chi connectivity index (χ0v) is 8.02. The summed E-state index contributed by atoms with van der Waals surface area (Å²) in [6.45, 7) is 0. The quantitative estimate of drug-likeness (QED) is 0.536. The van der Waals surface area contributed by atoms with Gasteiger partial charge in [-0.1, -0.05) is 11.6 Å². The van der Waals surface area contributed by atoms with Crippen molar-refractivity contribution < 1.29 is 4.92 Å². The first-order chi connectivity index (χ1) is 6.61. The Morgan fingerprint density at radius 2 is 2.36 bits per heavy atom. The molecule has 0 amide bonds. The SMILES string of the molecule is Cn1ccc2c(Cl)c([N+](=O)[O-])cnc21. The Labute approximate surface area is 84.1 Å². The number of aromatic nitrogens is 2. The van der Waals surface area contributed by atoms with Gasteiger partial charge in [0.05, 0.1) is 4.92 Å². The van der Waals surface area contributed by atoms with Gasteiger partial charge in [0.1, 0.15) is 16.9 Å². The van der Waals surface area contributed by atoms with Gasteiger partial charge in [-0.15, -0.1) is 0 Å². The van der Waals surface area contributed by atoms with Crippen LogP contribution in [0.4, 0.5) is 5.69 Å². The number of pyridine rings is 1. The summed E-state index contributed by atoms with van der Waals surface area (Å²) in [5.41, 5.74) is 0.478. The van der Waals surface area contributed by atoms with Gasteiger partial charge in [-0.2, -0.15) is 0 Å². The normalized spacial score (nSPS) is 10.7. The van der Waals surface area contributed by atoms with E-state index in [4.69, 9.17) is 11.6 Å². The lowest BCUT2D eigenvalue weighted by Gasteiger charge is -1.97. The molecule has 14 heavy (non-hydrogen) atoms. The third kappa shape index (κ3) is 1.13. The summed E-state index contributed by atoms with van der Waals surface area (Å²) >= 11 is 5.85. The fraction of sp³-hybridized carbons (Fsp3) is 0.125. The van der Waals surface area contributed by atoms with E-state index < -0.39 is 4.92 Å². The second-order valence-corrected chi connectivity index (χ2v) is 3.26. The molecule has 0 aliphatic heterocycles. The van der Waals surface area contributed by atoms with Crippen LogP contribution in [-0.2, 0) is 7.05 Å². The predicted molar refractivity (Wildman–Crippen MR) is 52.4 cm³/mol. The lowest BCUT2D eigenvalue weighted by atomic mass is 10.3. The van der Waals surface area contributed by atoms with Crippen LogP contribution in [0.15, 0.2) is 18.5 Å². The summed E-state index contributed by atoms with van der Waals surface area (Å²) in [7, 11) is 1.80. The number of nitro groups is 1. The highest BCUT2D eigenvalue weighted by molar-refractivity contribution is 6.37. The van der Waals surface area contributed by atoms with Crippen molar-refractivity contribution in [2.45, 2.75) is 0 Å². The Morgan fingerprint density at radius 1 is 1.64 bits per heavy atom. The fourth-order valence-electron chi connectivity index (χ4n) is 1.30. The van der Waals surface area contributed by atoms with Crippen molar-refractivity contribution in [1.82, 2.24) is 9.55 Å². The maximum absolute atomic E-state index is 10.5. The molecule has 6 heteroatoms. The molecule has 0 fully saturated rings. The van der Waals surface area contributed by atoms with Crippen LogP contribution in [0.5, 0.6) is 0 Å². The molecule has 0 atom stereocenters. The van der Waals surface area contributed by atoms with Crippen LogP contribution in [0.1, 0.15) is 0 Å². The number of fused-ring (bicyclic) bond motifs is 1. The maximum atomic E-state index is 10.5. The lowest BCUT2D eigenvalue weighted by Crippen LogP contribution is -1.93. The smallest absolute Gasteiger partial charge is 0.306 e. The number of hydrogen-bond acceptors (Lipinski definition) is 3. The van der Waals surface area contributed by atoms with Crippen molar-refractivity contribution in [2.24, 2.45) is 7.05 Å². The lowest BCUT2D eigenvalue weighted by molar-refractivity contribution is -0.384. The Bertz CT molecular complexity index is 521. The summed E-state index contributed by atoms with van der Waals surface area (Å²) in [4.78, 5) is 14.0. The van der Waals surface area contributed by atoms with E-state index in [-0.39, 0.29) is 10.7 Å². The van der Waals surface area contributed by atoms with Crippen LogP contribution in [0, 0.1) is 10.1 Å². The van der Waals surface area contributed by atoms with Crippen LogP contribution in [0.2, 0.25) is 5.02 Å². The Hall–Kier alpha value is -1.62. The molecule has 0 aliphatic carbocycles. The monoisotopic (exact) mass is 211 g/mol. The Balaban J connectivity index is 2.82. The second kappa shape index (κ2) is 2.95. The fourth-order valence-corrected chi connectivity index (χ4v) is 1.56. The van der Waals surface area contributed by atoms with E-state index in [0.717, 1.165) is 0 Å². The van der Waals surface area contributed by atoms with Crippen molar-refractivity contribution in [2.75, 3.05) is 0 Å². The molecule has 0 N–H and O–H groups in total. The molecule has 0 radical (unpaired) electrons. The minimum atomic E-state index is -0.540. The topological polar surface area (TPSA) is 61.0 Å². The second-order valence-electron chi connectivity index (χ2n) is 2.88. The van der Waals surface area contributed by atoms with Gasteiger partial charge in [0, 0.05) is 18.6 Å². The van der Waals surface area contributed by atoms with Crippen molar-refractivity contribution in [3.63, 3.8) is 0 Å². The standard InChI is InChI=1S/C8H6ClN3O2/c1-11-3-2-5-7(9)6(12(13)14)4-10-8(5)11/h2-4H,1H3. The van der Waals surface area contributed by atoms with E-state index in [0.29, 0.717) is 11.0 Å². The average Bonchev–Trinajstić information content (AvgIpc) is 2.49. The third-order valence-corrected chi connectivity index (χ3v) is 2.40. The van der Waals surface area contributed by atoms with Crippen molar-refractivity contribution in [1.29, 1.82) is 0 Å². The third-order valence-electron chi connectivity index (χ3n) is 2.01. The van der Waals surface area contributed by atoms with Gasteiger partial charge in [0.25, 0.3) is 0 Å². The van der Waals surface area contributed by atoms with Crippen LogP contribution < -0.4 is 0 Å². The van der Waals surface area contributed by atoms with Gasteiger partial charge < -0.3 is 4.57 Å². The maximum Gasteiger partial charge on any atom is 0.306 e. The van der Waals surface area contributed by atoms with Crippen molar-refractivity contribution >= 4 is 28.3 Å². The molecular formula is C8H6ClN3O2. The summed E-state index contributed by atoms with van der Waals surface area (Å²) in [6, 6.07) is 1.71. The molecule has 0 saturated carbocycles. The summed E-state index contributed by atoms with van der Waals surface area (Å²) in [5.74, 6) is 0. The minimum Gasteiger partial charge on any atom is -0.336 e. The molecule has 0 aromatic carbocycles. The highest BCUT2D eigenvalue weighted by Gasteiger charge is 2.17. The van der Waals surface area contributed by atoms with E-state index in [1.807, 2.05) is 0 Å². The van der Waals surface area contributed by atoms with E-state index in [9.17, 15) is 10.1 Å². The number of nitrogens with zero attached hydrogens (tertiary/aromatic N) is 3. The Kier molecular flexibility index (Phi) is 1.89. The molecule has 72 valence electrons. The molecule has 2 aromatic rings. The summed E-state index contributed by atoms with van der Waals surface area (Å²) < 4.78 is 1.75. The first kappa shape index (κ1) is 8.96. The zero-order valence-electron chi connectivity index (χ0n) is 7.27. The highest BCUT2D eigenvalue weighted by Crippen LogP contribution is 2.30. The van der Waals surface area contributed by atoms with Gasteiger partial charge >= 0.3 is 5.69 Å². The zero-order chi connectivity index (χ0) is 10.3. The minimum absolute atomic E-state index is 0.139. The first-order valence-electron chi connectivity index (χ1n) is 3.85. The number of halogens is 1. The summed E-state index contributed by atoms with van der Waals surface area (Å²) in [5, 5.41) is 11.3. The molecule has 0 spiro atoms. The Morgan fingerprint density at radius 3 is 3.00 bits per heavy atom. The van der Waals surface area contributed by atoms with Gasteiger partial charge in [0.15, 0.2) is 0 Å². The van der Waals surface area contributed by atoms with Crippen molar-refractivity contribution in [3.8, 4) is 0 Å². The molecule has 2 heterocycles. The average molecular weight is 212 g/mol. The molecular weight excluding hydrogens is 206 g/mol. The number of hydrogen-bond donors (Lipinski definition) is 0. The highest BCUT2D eigenvalue weighted by atomic mass is 35.5. The first-order valence-corrected chi connectivity index (χ1v) is 4.23. The molecule has 0 saturated heterocycles. The molecule has 0 bridgehead atoms. The summed E-state index contributed by atoms with van der Waals surface area (Å²) in [6.07, 6.45) is 2.93. The molecule has 2 aromatic heterocycles.